The maximum Gasteiger partial charge on any atom is 0.105 e. The van der Waals surface area contributed by atoms with Gasteiger partial charge in [0.1, 0.15) is 6.10 Å². The zero-order chi connectivity index (χ0) is 25.1. The monoisotopic (exact) mass is 486 g/mol. The Morgan fingerprint density at radius 2 is 1.89 bits per heavy atom. The Labute approximate surface area is 213 Å². The maximum atomic E-state index is 11.2. The molecule has 2 bridgehead atoms. The molecule has 36 heavy (non-hydrogen) atoms. The Morgan fingerprint density at radius 3 is 2.69 bits per heavy atom. The lowest BCUT2D eigenvalue weighted by atomic mass is 9.49. The predicted molar refractivity (Wildman–Crippen MR) is 141 cm³/mol. The Kier molecular flexibility index (Phi) is 4.67. The lowest BCUT2D eigenvalue weighted by molar-refractivity contribution is -0.195. The molecule has 2 N–H and O–H groups in total. The summed E-state index contributed by atoms with van der Waals surface area (Å²) in [7, 11) is 3.98. The average Bonchev–Trinajstić information content (AvgIpc) is 3.34. The molecule has 1 unspecified atom stereocenters. The predicted octanol–water partition coefficient (Wildman–Crippen LogP) is 4.74. The van der Waals surface area contributed by atoms with Gasteiger partial charge in [-0.1, -0.05) is 38.1 Å². The van der Waals surface area contributed by atoms with E-state index in [1.807, 2.05) is 31.4 Å². The van der Waals surface area contributed by atoms with Crippen LogP contribution >= 0.6 is 0 Å². The minimum absolute atomic E-state index is 0.0151. The summed E-state index contributed by atoms with van der Waals surface area (Å²) in [6.07, 6.45) is 12.7. The van der Waals surface area contributed by atoms with Gasteiger partial charge in [0.05, 0.1) is 17.3 Å². The molecule has 3 fully saturated rings. The third kappa shape index (κ3) is 2.63. The van der Waals surface area contributed by atoms with Crippen molar-refractivity contribution in [2.75, 3.05) is 14.1 Å². The van der Waals surface area contributed by atoms with E-state index in [9.17, 15) is 10.2 Å². The van der Waals surface area contributed by atoms with E-state index >= 15 is 0 Å². The number of allylic oxidation sites excluding steroid dienone is 1. The molecule has 190 valence electrons. The zero-order valence-electron chi connectivity index (χ0n) is 21.9. The summed E-state index contributed by atoms with van der Waals surface area (Å²) < 4.78 is 7.37. The highest BCUT2D eigenvalue weighted by atomic mass is 16.5. The fraction of sp³-hybridized carbons (Fsp3) is 0.581. The number of nitrogens with zero attached hydrogens (tertiary/aromatic N) is 2. The van der Waals surface area contributed by atoms with E-state index in [0.29, 0.717) is 5.92 Å². The number of aromatic nitrogens is 1. The Bertz CT molecular complexity index is 1320. The molecule has 2 aliphatic heterocycles. The number of benzene rings is 1. The third-order valence-electron chi connectivity index (χ3n) is 11.5. The average molecular weight is 487 g/mol. The molecule has 3 heterocycles. The molecular formula is C31H38N2O3. The molecule has 3 aliphatic carbocycles. The van der Waals surface area contributed by atoms with Crippen LogP contribution in [0.4, 0.5) is 0 Å². The van der Waals surface area contributed by atoms with Crippen LogP contribution in [0.3, 0.4) is 0 Å². The lowest BCUT2D eigenvalue weighted by Crippen LogP contribution is -2.64. The van der Waals surface area contributed by atoms with Crippen LogP contribution in [0.2, 0.25) is 0 Å². The highest BCUT2D eigenvalue weighted by Gasteiger charge is 2.73. The van der Waals surface area contributed by atoms with Gasteiger partial charge in [0.25, 0.3) is 0 Å². The Morgan fingerprint density at radius 1 is 1.06 bits per heavy atom. The first-order valence-electron chi connectivity index (χ1n) is 13.6. The molecule has 7 rings (SSSR count). The highest BCUT2D eigenvalue weighted by molar-refractivity contribution is 5.82. The Balaban J connectivity index is 1.33. The Hall–Kier alpha value is -2.05. The van der Waals surface area contributed by atoms with Gasteiger partial charge >= 0.3 is 0 Å². The smallest absolute Gasteiger partial charge is 0.105 e. The van der Waals surface area contributed by atoms with Crippen LogP contribution in [-0.4, -0.2) is 63.6 Å². The molecule has 2 spiro atoms. The van der Waals surface area contributed by atoms with Crippen molar-refractivity contribution in [3.05, 3.63) is 65.5 Å². The normalized spacial score (nSPS) is 45.2. The van der Waals surface area contributed by atoms with Crippen molar-refractivity contribution < 1.29 is 14.9 Å². The molecule has 2 saturated carbocycles. The summed E-state index contributed by atoms with van der Waals surface area (Å²) in [5.41, 5.74) is 2.78. The van der Waals surface area contributed by atoms with Crippen LogP contribution in [0, 0.1) is 10.8 Å². The van der Waals surface area contributed by atoms with Gasteiger partial charge in [-0.3, -0.25) is 4.98 Å². The zero-order valence-corrected chi connectivity index (χ0v) is 21.9. The summed E-state index contributed by atoms with van der Waals surface area (Å²) >= 11 is 0. The molecule has 5 nitrogen and oxygen atoms in total. The number of fused-ring (bicyclic) bond motifs is 2. The first kappa shape index (κ1) is 23.1. The first-order valence-corrected chi connectivity index (χ1v) is 13.6. The van der Waals surface area contributed by atoms with Gasteiger partial charge in [0.15, 0.2) is 0 Å². The van der Waals surface area contributed by atoms with Crippen molar-refractivity contribution in [1.82, 2.24) is 9.88 Å². The highest BCUT2D eigenvalue weighted by Crippen LogP contribution is 2.75. The second-order valence-corrected chi connectivity index (χ2v) is 12.9. The fourth-order valence-electron chi connectivity index (χ4n) is 9.15. The van der Waals surface area contributed by atoms with Crippen molar-refractivity contribution in [3.63, 3.8) is 0 Å². The number of aliphatic hydroxyl groups excluding tert-OH is 2. The molecular weight excluding hydrogens is 448 g/mol. The minimum atomic E-state index is -0.883. The lowest BCUT2D eigenvalue weighted by Gasteiger charge is -2.61. The maximum absolute atomic E-state index is 11.2. The van der Waals surface area contributed by atoms with Crippen molar-refractivity contribution in [2.24, 2.45) is 10.8 Å². The molecule has 8 atom stereocenters. The molecule has 1 saturated heterocycles. The van der Waals surface area contributed by atoms with Gasteiger partial charge in [0, 0.05) is 29.2 Å². The van der Waals surface area contributed by atoms with Crippen molar-refractivity contribution in [2.45, 2.75) is 87.7 Å². The summed E-state index contributed by atoms with van der Waals surface area (Å²) in [5, 5.41) is 24.6. The van der Waals surface area contributed by atoms with Gasteiger partial charge in [-0.25, -0.2) is 0 Å². The van der Waals surface area contributed by atoms with Crippen molar-refractivity contribution >= 4 is 10.8 Å². The van der Waals surface area contributed by atoms with Crippen LogP contribution in [-0.2, 0) is 4.74 Å². The van der Waals surface area contributed by atoms with Gasteiger partial charge < -0.3 is 19.8 Å². The fourth-order valence-corrected chi connectivity index (χ4v) is 9.15. The number of aliphatic hydroxyl groups is 2. The van der Waals surface area contributed by atoms with Gasteiger partial charge in [-0.2, -0.15) is 0 Å². The number of rotatable bonds is 2. The molecule has 0 amide bonds. The summed E-state index contributed by atoms with van der Waals surface area (Å²) in [4.78, 5) is 6.41. The van der Waals surface area contributed by atoms with E-state index in [4.69, 9.17) is 4.74 Å². The molecule has 5 heteroatoms. The SMILES string of the molecule is CN(C)[C@H]1C[C@@]23CC[C@]4(O2)C(=CC[C@]2(C)C(c5ccc6ccncc6c5)CC[C@@]42C)C=C3[C@@H](O)[C@@H]1O. The van der Waals surface area contributed by atoms with Crippen LogP contribution in [0.15, 0.2) is 60.0 Å². The van der Waals surface area contributed by atoms with Crippen molar-refractivity contribution in [1.29, 1.82) is 0 Å². The number of hydrogen-bond acceptors (Lipinski definition) is 5. The third-order valence-corrected chi connectivity index (χ3v) is 11.5. The van der Waals surface area contributed by atoms with E-state index in [2.05, 4.69) is 55.2 Å². The largest absolute Gasteiger partial charge is 0.388 e. The van der Waals surface area contributed by atoms with Gasteiger partial charge in [-0.05, 0) is 98.2 Å². The van der Waals surface area contributed by atoms with Crippen LogP contribution in [0.5, 0.6) is 0 Å². The molecule has 0 radical (unpaired) electrons. The second-order valence-electron chi connectivity index (χ2n) is 12.9. The van der Waals surface area contributed by atoms with E-state index in [1.165, 1.54) is 21.9 Å². The van der Waals surface area contributed by atoms with Crippen molar-refractivity contribution in [3.8, 4) is 0 Å². The quantitative estimate of drug-likeness (QED) is 0.642. The second kappa shape index (κ2) is 7.28. The molecule has 1 aromatic heterocycles. The number of pyridine rings is 1. The first-order chi connectivity index (χ1) is 17.1. The number of ether oxygens (including phenoxy) is 1. The standard InChI is InChI=1S/C31H38N2O3/c1-28-10-7-22-16-24-26(34)27(35)25(33(3)4)17-30(24)12-13-31(22,36-30)29(28,2)11-8-23(28)20-6-5-19-9-14-32-18-21(19)15-20/h5-7,9,14-16,18,23,25-27,34-35H,8,10-13,17H2,1-4H3/t23?,25-,26+,27+,28+,29+,30+,31-/m0/s1. The minimum Gasteiger partial charge on any atom is -0.388 e. The molecule has 2 aromatic rings. The van der Waals surface area contributed by atoms with Gasteiger partial charge in [0.2, 0.25) is 0 Å². The number of likely N-dealkylation sites (N-methyl/N-ethyl adjacent to an activating group) is 1. The summed E-state index contributed by atoms with van der Waals surface area (Å²) in [6.45, 7) is 4.98. The topological polar surface area (TPSA) is 65.8 Å². The van der Waals surface area contributed by atoms with E-state index in [0.717, 1.165) is 44.1 Å². The van der Waals surface area contributed by atoms with Gasteiger partial charge in [-0.15, -0.1) is 0 Å². The van der Waals surface area contributed by atoms with Crippen LogP contribution in [0.1, 0.15) is 63.9 Å². The van der Waals surface area contributed by atoms with E-state index in [-0.39, 0.29) is 22.5 Å². The summed E-state index contributed by atoms with van der Waals surface area (Å²) in [6, 6.07) is 8.90. The van der Waals surface area contributed by atoms with E-state index < -0.39 is 17.8 Å². The number of hydrogen-bond donors (Lipinski definition) is 2. The summed E-state index contributed by atoms with van der Waals surface area (Å²) in [5.74, 6) is 0.457. The molecule has 1 aromatic carbocycles. The van der Waals surface area contributed by atoms with Crippen LogP contribution < -0.4 is 0 Å². The molecule has 5 aliphatic rings. The van der Waals surface area contributed by atoms with Crippen LogP contribution in [0.25, 0.3) is 10.8 Å². The van der Waals surface area contributed by atoms with E-state index in [1.54, 1.807) is 0 Å².